The molecule has 0 bridgehead atoms. The normalized spacial score (nSPS) is 12.2. The zero-order valence-corrected chi connectivity index (χ0v) is 26.1. The van der Waals surface area contributed by atoms with E-state index in [9.17, 15) is 28.5 Å². The van der Waals surface area contributed by atoms with Crippen LogP contribution in [-0.2, 0) is 32.6 Å². The number of amides is 1. The summed E-state index contributed by atoms with van der Waals surface area (Å²) in [6.45, 7) is 3.73. The first-order valence-electron chi connectivity index (χ1n) is 15.1. The van der Waals surface area contributed by atoms with Crippen LogP contribution in [0.5, 0.6) is 5.75 Å². The molecule has 1 amide bonds. The van der Waals surface area contributed by atoms with Gasteiger partial charge in [0.05, 0.1) is 17.6 Å². The molecule has 3 aromatic carbocycles. The van der Waals surface area contributed by atoms with E-state index >= 15 is 0 Å². The monoisotopic (exact) mass is 627 g/mol. The maximum absolute atomic E-state index is 12.9. The van der Waals surface area contributed by atoms with Crippen LogP contribution < -0.4 is 15.4 Å². The van der Waals surface area contributed by atoms with Gasteiger partial charge < -0.3 is 30.7 Å². The van der Waals surface area contributed by atoms with Gasteiger partial charge in [-0.2, -0.15) is 0 Å². The van der Waals surface area contributed by atoms with Crippen LogP contribution in [0.15, 0.2) is 71.6 Å². The van der Waals surface area contributed by atoms with Crippen LogP contribution in [0, 0.1) is 0 Å². The fourth-order valence-corrected chi connectivity index (χ4v) is 5.77. The number of benzene rings is 3. The SMILES string of the molecule is CC(=O)Nc1ccc(NS(=O)(=O)c2cccc(CCCCOCCCCCCNC[C@H](O)c3ccc(O)c(CO)c3)c2)cc1. The van der Waals surface area contributed by atoms with Gasteiger partial charge in [0.25, 0.3) is 10.0 Å². The molecule has 0 fully saturated rings. The summed E-state index contributed by atoms with van der Waals surface area (Å²) in [7, 11) is -3.74. The number of aromatic hydroxyl groups is 1. The van der Waals surface area contributed by atoms with Gasteiger partial charge in [0.2, 0.25) is 5.91 Å². The zero-order chi connectivity index (χ0) is 31.8. The molecule has 44 heavy (non-hydrogen) atoms. The van der Waals surface area contributed by atoms with Gasteiger partial charge >= 0.3 is 0 Å². The summed E-state index contributed by atoms with van der Waals surface area (Å²) in [5.74, 6) is -0.170. The van der Waals surface area contributed by atoms with Crippen LogP contribution in [0.3, 0.4) is 0 Å². The Labute approximate surface area is 260 Å². The summed E-state index contributed by atoms with van der Waals surface area (Å²) < 4.78 is 34.1. The van der Waals surface area contributed by atoms with E-state index in [-0.39, 0.29) is 23.2 Å². The van der Waals surface area contributed by atoms with Gasteiger partial charge in [-0.1, -0.05) is 31.0 Å². The summed E-state index contributed by atoms with van der Waals surface area (Å²) in [4.78, 5) is 11.4. The highest BCUT2D eigenvalue weighted by Crippen LogP contribution is 2.23. The first-order valence-corrected chi connectivity index (χ1v) is 16.5. The lowest BCUT2D eigenvalue weighted by Gasteiger charge is -2.14. The van der Waals surface area contributed by atoms with Crippen molar-refractivity contribution >= 4 is 27.3 Å². The Balaban J connectivity index is 1.22. The number of unbranched alkanes of at least 4 members (excludes halogenated alkanes) is 4. The molecule has 3 rings (SSSR count). The molecule has 3 aromatic rings. The molecule has 0 saturated heterocycles. The number of sulfonamides is 1. The molecular weight excluding hydrogens is 582 g/mol. The van der Waals surface area contributed by atoms with E-state index in [4.69, 9.17) is 4.74 Å². The molecule has 10 nitrogen and oxygen atoms in total. The Morgan fingerprint density at radius 2 is 1.59 bits per heavy atom. The molecule has 0 heterocycles. The van der Waals surface area contributed by atoms with E-state index in [1.54, 1.807) is 54.6 Å². The quantitative estimate of drug-likeness (QED) is 0.0970. The van der Waals surface area contributed by atoms with Crippen molar-refractivity contribution in [1.82, 2.24) is 5.32 Å². The van der Waals surface area contributed by atoms with Crippen molar-refractivity contribution in [1.29, 1.82) is 0 Å². The van der Waals surface area contributed by atoms with E-state index in [0.717, 1.165) is 57.1 Å². The molecule has 6 N–H and O–H groups in total. The number of aryl methyl sites for hydroxylation is 1. The number of aliphatic hydroxyl groups is 2. The predicted octanol–water partition coefficient (Wildman–Crippen LogP) is 4.87. The van der Waals surface area contributed by atoms with Crippen molar-refractivity contribution in [3.63, 3.8) is 0 Å². The third-order valence-corrected chi connectivity index (χ3v) is 8.44. The Kier molecular flexibility index (Phi) is 14.6. The van der Waals surface area contributed by atoms with E-state index in [2.05, 4.69) is 15.4 Å². The number of hydrogen-bond acceptors (Lipinski definition) is 8. The van der Waals surface area contributed by atoms with E-state index in [0.29, 0.717) is 42.3 Å². The van der Waals surface area contributed by atoms with Crippen LogP contribution in [-0.4, -0.2) is 55.9 Å². The first kappa shape index (κ1) is 35.0. The fourth-order valence-electron chi connectivity index (χ4n) is 4.65. The molecule has 11 heteroatoms. The standard InChI is InChI=1S/C33H45N3O7S/c1-25(38)35-29-13-15-30(16-14-29)36-44(41,42)31-11-8-10-26(21-31)9-4-7-20-43-19-6-3-2-5-18-34-23-33(40)27-12-17-32(39)28(22-27)24-37/h8,10-17,21-22,33-34,36-37,39-40H,2-7,9,18-20,23-24H2,1H3,(H,35,38)/t33-/m0/s1. The minimum Gasteiger partial charge on any atom is -0.508 e. The number of carbonyl (C=O) groups is 1. The largest absolute Gasteiger partial charge is 0.508 e. The maximum Gasteiger partial charge on any atom is 0.261 e. The summed E-state index contributed by atoms with van der Waals surface area (Å²) in [6.07, 6.45) is 5.97. The number of ether oxygens (including phenoxy) is 1. The first-order chi connectivity index (χ1) is 21.2. The highest BCUT2D eigenvalue weighted by atomic mass is 32.2. The molecule has 240 valence electrons. The molecule has 0 radical (unpaired) electrons. The molecule has 0 saturated carbocycles. The summed E-state index contributed by atoms with van der Waals surface area (Å²) in [5, 5.41) is 35.1. The second-order valence-corrected chi connectivity index (χ2v) is 12.4. The Morgan fingerprint density at radius 3 is 2.32 bits per heavy atom. The smallest absolute Gasteiger partial charge is 0.261 e. The number of anilines is 2. The van der Waals surface area contributed by atoms with Crippen LogP contribution in [0.25, 0.3) is 0 Å². The lowest BCUT2D eigenvalue weighted by molar-refractivity contribution is -0.114. The average Bonchev–Trinajstić information content (AvgIpc) is 3.00. The van der Waals surface area contributed by atoms with Crippen molar-refractivity contribution in [3.8, 4) is 5.75 Å². The van der Waals surface area contributed by atoms with Crippen molar-refractivity contribution in [2.45, 2.75) is 69.5 Å². The Hall–Kier alpha value is -3.48. The predicted molar refractivity (Wildman–Crippen MR) is 172 cm³/mol. The molecule has 0 aliphatic rings. The molecule has 0 aliphatic heterocycles. The van der Waals surface area contributed by atoms with Gasteiger partial charge in [-0.3, -0.25) is 9.52 Å². The lowest BCUT2D eigenvalue weighted by Crippen LogP contribution is -2.22. The van der Waals surface area contributed by atoms with Crippen molar-refractivity contribution in [3.05, 3.63) is 83.4 Å². The number of phenols is 1. The Bertz CT molecular complexity index is 1420. The van der Waals surface area contributed by atoms with Crippen molar-refractivity contribution in [2.24, 2.45) is 0 Å². The van der Waals surface area contributed by atoms with Crippen LogP contribution in [0.4, 0.5) is 11.4 Å². The van der Waals surface area contributed by atoms with E-state index in [1.807, 2.05) is 6.07 Å². The second kappa shape index (κ2) is 18.4. The van der Waals surface area contributed by atoms with Crippen LogP contribution in [0.1, 0.15) is 68.2 Å². The minimum atomic E-state index is -3.74. The number of carbonyl (C=O) groups excluding carboxylic acids is 1. The molecular formula is C33H45N3O7S. The van der Waals surface area contributed by atoms with E-state index in [1.165, 1.54) is 13.0 Å². The minimum absolute atomic E-state index is 0.0245. The van der Waals surface area contributed by atoms with Crippen LogP contribution >= 0.6 is 0 Å². The topological polar surface area (TPSA) is 157 Å². The van der Waals surface area contributed by atoms with Crippen molar-refractivity contribution in [2.75, 3.05) is 36.3 Å². The molecule has 0 spiro atoms. The molecule has 0 aromatic heterocycles. The molecule has 0 aliphatic carbocycles. The number of aliphatic hydroxyl groups excluding tert-OH is 2. The molecule has 0 unspecified atom stereocenters. The summed E-state index contributed by atoms with van der Waals surface area (Å²) >= 11 is 0. The third kappa shape index (κ3) is 12.3. The highest BCUT2D eigenvalue weighted by molar-refractivity contribution is 7.92. The number of hydrogen-bond donors (Lipinski definition) is 6. The van der Waals surface area contributed by atoms with Gasteiger partial charge in [0.15, 0.2) is 0 Å². The summed E-state index contributed by atoms with van der Waals surface area (Å²) in [5.41, 5.74) is 3.03. The van der Waals surface area contributed by atoms with E-state index < -0.39 is 16.1 Å². The fraction of sp³-hybridized carbons (Fsp3) is 0.424. The van der Waals surface area contributed by atoms with Gasteiger partial charge in [-0.05, 0) is 98.3 Å². The number of rotatable bonds is 20. The van der Waals surface area contributed by atoms with Gasteiger partial charge in [-0.15, -0.1) is 0 Å². The van der Waals surface area contributed by atoms with Gasteiger partial charge in [-0.25, -0.2) is 8.42 Å². The second-order valence-electron chi connectivity index (χ2n) is 10.8. The average molecular weight is 628 g/mol. The number of nitrogens with one attached hydrogen (secondary N) is 3. The van der Waals surface area contributed by atoms with Crippen molar-refractivity contribution < 1.29 is 33.3 Å². The maximum atomic E-state index is 12.9. The lowest BCUT2D eigenvalue weighted by atomic mass is 10.1. The zero-order valence-electron chi connectivity index (χ0n) is 25.3. The van der Waals surface area contributed by atoms with Crippen LogP contribution in [0.2, 0.25) is 0 Å². The van der Waals surface area contributed by atoms with Gasteiger partial charge in [0, 0.05) is 43.6 Å². The summed E-state index contributed by atoms with van der Waals surface area (Å²) in [6, 6.07) is 18.2. The highest BCUT2D eigenvalue weighted by Gasteiger charge is 2.15. The Morgan fingerprint density at radius 1 is 0.886 bits per heavy atom. The van der Waals surface area contributed by atoms with Gasteiger partial charge in [0.1, 0.15) is 5.75 Å². The molecule has 1 atom stereocenters. The third-order valence-electron chi connectivity index (χ3n) is 7.06.